The van der Waals surface area contributed by atoms with Crippen LogP contribution in [0.2, 0.25) is 5.02 Å². The molecule has 1 amide bonds. The third-order valence-corrected chi connectivity index (χ3v) is 7.69. The Labute approximate surface area is 204 Å². The first-order chi connectivity index (χ1) is 15.9. The highest BCUT2D eigenvalue weighted by Gasteiger charge is 2.29. The lowest BCUT2D eigenvalue weighted by atomic mass is 10.2. The van der Waals surface area contributed by atoms with Gasteiger partial charge in [0.05, 0.1) is 17.2 Å². The van der Waals surface area contributed by atoms with E-state index in [1.165, 1.54) is 11.8 Å². The zero-order chi connectivity index (χ0) is 23.8. The molecule has 3 aromatic rings. The van der Waals surface area contributed by atoms with E-state index in [1.54, 1.807) is 66.7 Å². The summed E-state index contributed by atoms with van der Waals surface area (Å²) in [4.78, 5) is 13.9. The zero-order valence-electron chi connectivity index (χ0n) is 18.3. The first-order valence-corrected chi connectivity index (χ1v) is 13.3. The number of nitrogens with one attached hydrogen (secondary N) is 1. The average molecular weight is 505 g/mol. The summed E-state index contributed by atoms with van der Waals surface area (Å²) in [6.45, 7) is 1.93. The number of sulfonamides is 1. The predicted molar refractivity (Wildman–Crippen MR) is 134 cm³/mol. The molecule has 0 fully saturated rings. The Morgan fingerprint density at radius 1 is 1.03 bits per heavy atom. The highest BCUT2D eigenvalue weighted by Crippen LogP contribution is 2.33. The van der Waals surface area contributed by atoms with Crippen LogP contribution in [-0.4, -0.2) is 33.7 Å². The lowest BCUT2D eigenvalue weighted by Gasteiger charge is -2.26. The van der Waals surface area contributed by atoms with Gasteiger partial charge in [-0.15, -0.1) is 11.8 Å². The van der Waals surface area contributed by atoms with Crippen LogP contribution in [0.4, 0.5) is 5.69 Å². The number of anilines is 1. The van der Waals surface area contributed by atoms with E-state index in [4.69, 9.17) is 16.3 Å². The number of rotatable bonds is 10. The number of para-hydroxylation sites is 2. The van der Waals surface area contributed by atoms with Gasteiger partial charge in [0.2, 0.25) is 5.91 Å². The molecule has 6 nitrogen and oxygen atoms in total. The molecule has 174 valence electrons. The number of thioether (sulfide) groups is 1. The normalized spacial score (nSPS) is 11.1. The molecule has 3 aromatic carbocycles. The van der Waals surface area contributed by atoms with Crippen molar-refractivity contribution >= 4 is 45.0 Å². The summed E-state index contributed by atoms with van der Waals surface area (Å²) in [6, 6.07) is 20.5. The fraction of sp³-hybridized carbons (Fsp3) is 0.208. The number of hydrogen-bond acceptors (Lipinski definition) is 5. The van der Waals surface area contributed by atoms with Crippen LogP contribution >= 0.6 is 23.4 Å². The summed E-state index contributed by atoms with van der Waals surface area (Å²) < 4.78 is 34.0. The van der Waals surface area contributed by atoms with Crippen molar-refractivity contribution in [3.8, 4) is 5.75 Å². The number of halogens is 1. The van der Waals surface area contributed by atoms with Crippen LogP contribution in [-0.2, 0) is 21.4 Å². The zero-order valence-corrected chi connectivity index (χ0v) is 20.7. The third kappa shape index (κ3) is 6.22. The quantitative estimate of drug-likeness (QED) is 0.394. The van der Waals surface area contributed by atoms with Crippen molar-refractivity contribution in [3.05, 3.63) is 83.4 Å². The molecule has 0 spiro atoms. The molecule has 0 radical (unpaired) electrons. The van der Waals surface area contributed by atoms with Crippen LogP contribution in [0, 0.1) is 0 Å². The number of ether oxygens (including phenoxy) is 1. The van der Waals surface area contributed by atoms with Crippen molar-refractivity contribution in [1.82, 2.24) is 5.32 Å². The number of benzene rings is 3. The largest absolute Gasteiger partial charge is 0.492 e. The minimum atomic E-state index is -4.05. The van der Waals surface area contributed by atoms with Gasteiger partial charge in [-0.2, -0.15) is 0 Å². The minimum absolute atomic E-state index is 0.0884. The SMILES string of the molecule is CCOc1ccccc1N(CC(=O)NCc1ccccc1Cl)S(=O)(=O)c1ccc(SC)cc1. The summed E-state index contributed by atoms with van der Waals surface area (Å²) >= 11 is 7.68. The molecular weight excluding hydrogens is 480 g/mol. The lowest BCUT2D eigenvalue weighted by Crippen LogP contribution is -2.41. The van der Waals surface area contributed by atoms with Gasteiger partial charge >= 0.3 is 0 Å². The van der Waals surface area contributed by atoms with Crippen molar-refractivity contribution in [2.75, 3.05) is 23.7 Å². The van der Waals surface area contributed by atoms with Crippen LogP contribution in [0.3, 0.4) is 0 Å². The Kier molecular flexibility index (Phi) is 8.66. The van der Waals surface area contributed by atoms with Gasteiger partial charge in [0.25, 0.3) is 10.0 Å². The van der Waals surface area contributed by atoms with Crippen LogP contribution < -0.4 is 14.4 Å². The molecule has 3 rings (SSSR count). The number of amides is 1. The van der Waals surface area contributed by atoms with Gasteiger partial charge in [0.15, 0.2) is 0 Å². The molecule has 0 atom stereocenters. The monoisotopic (exact) mass is 504 g/mol. The van der Waals surface area contributed by atoms with Crippen molar-refractivity contribution in [2.24, 2.45) is 0 Å². The molecule has 0 heterocycles. The fourth-order valence-corrected chi connectivity index (χ4v) is 5.18. The summed E-state index contributed by atoms with van der Waals surface area (Å²) in [7, 11) is -4.05. The highest BCUT2D eigenvalue weighted by atomic mass is 35.5. The maximum Gasteiger partial charge on any atom is 0.264 e. The first kappa shape index (κ1) is 25.0. The van der Waals surface area contributed by atoms with E-state index in [0.29, 0.717) is 23.1 Å². The number of nitrogens with zero attached hydrogens (tertiary/aromatic N) is 1. The molecule has 33 heavy (non-hydrogen) atoms. The van der Waals surface area contributed by atoms with Gasteiger partial charge in [-0.25, -0.2) is 8.42 Å². The van der Waals surface area contributed by atoms with E-state index < -0.39 is 22.5 Å². The number of carbonyl (C=O) groups excluding carboxylic acids is 1. The van der Waals surface area contributed by atoms with E-state index in [0.717, 1.165) is 14.8 Å². The molecular formula is C24H25ClN2O4S2. The summed E-state index contributed by atoms with van der Waals surface area (Å²) in [5, 5.41) is 3.29. The Bertz CT molecular complexity index is 1200. The first-order valence-electron chi connectivity index (χ1n) is 10.3. The second-order valence-corrected chi connectivity index (χ2v) is 10.1. The van der Waals surface area contributed by atoms with Gasteiger partial charge in [0.1, 0.15) is 12.3 Å². The highest BCUT2D eigenvalue weighted by molar-refractivity contribution is 7.98. The second kappa shape index (κ2) is 11.4. The molecule has 0 saturated carbocycles. The topological polar surface area (TPSA) is 75.7 Å². The smallest absolute Gasteiger partial charge is 0.264 e. The maximum atomic E-state index is 13.6. The van der Waals surface area contributed by atoms with E-state index >= 15 is 0 Å². The van der Waals surface area contributed by atoms with Gasteiger partial charge < -0.3 is 10.1 Å². The third-order valence-electron chi connectivity index (χ3n) is 4.80. The molecule has 0 aliphatic rings. The molecule has 0 aliphatic heterocycles. The van der Waals surface area contributed by atoms with E-state index in [-0.39, 0.29) is 11.4 Å². The van der Waals surface area contributed by atoms with Crippen LogP contribution in [0.5, 0.6) is 5.75 Å². The molecule has 1 N–H and O–H groups in total. The number of carbonyl (C=O) groups is 1. The Balaban J connectivity index is 1.93. The van der Waals surface area contributed by atoms with Gasteiger partial charge in [-0.05, 0) is 61.2 Å². The van der Waals surface area contributed by atoms with Crippen molar-refractivity contribution in [1.29, 1.82) is 0 Å². The lowest BCUT2D eigenvalue weighted by molar-refractivity contribution is -0.119. The van der Waals surface area contributed by atoms with E-state index in [2.05, 4.69) is 5.32 Å². The van der Waals surface area contributed by atoms with Crippen molar-refractivity contribution in [2.45, 2.75) is 23.3 Å². The van der Waals surface area contributed by atoms with Crippen molar-refractivity contribution in [3.63, 3.8) is 0 Å². The van der Waals surface area contributed by atoms with E-state index in [9.17, 15) is 13.2 Å². The van der Waals surface area contributed by atoms with Gasteiger partial charge in [-0.1, -0.05) is 41.9 Å². The van der Waals surface area contributed by atoms with Crippen molar-refractivity contribution < 1.29 is 17.9 Å². The Morgan fingerprint density at radius 3 is 2.36 bits per heavy atom. The Hall–Kier alpha value is -2.68. The molecule has 0 bridgehead atoms. The fourth-order valence-electron chi connectivity index (χ4n) is 3.14. The number of hydrogen-bond donors (Lipinski definition) is 1. The molecule has 0 saturated heterocycles. The molecule has 9 heteroatoms. The standard InChI is InChI=1S/C24H25ClN2O4S2/c1-3-31-23-11-7-6-10-22(23)27(33(29,30)20-14-12-19(32-2)13-15-20)17-24(28)26-16-18-8-4-5-9-21(18)25/h4-15H,3,16-17H2,1-2H3,(H,26,28). The van der Waals surface area contributed by atoms with Crippen LogP contribution in [0.25, 0.3) is 0 Å². The summed E-state index contributed by atoms with van der Waals surface area (Å²) in [5.74, 6) is -0.0891. The van der Waals surface area contributed by atoms with E-state index in [1.807, 2.05) is 19.2 Å². The summed E-state index contributed by atoms with van der Waals surface area (Å²) in [6.07, 6.45) is 1.91. The van der Waals surface area contributed by atoms with Crippen LogP contribution in [0.15, 0.2) is 82.6 Å². The molecule has 0 aliphatic carbocycles. The Morgan fingerprint density at radius 2 is 1.70 bits per heavy atom. The molecule has 0 unspecified atom stereocenters. The van der Waals surface area contributed by atoms with Gasteiger partial charge in [-0.3, -0.25) is 9.10 Å². The summed E-state index contributed by atoms with van der Waals surface area (Å²) in [5.41, 5.74) is 1.03. The average Bonchev–Trinajstić information content (AvgIpc) is 2.82. The second-order valence-electron chi connectivity index (χ2n) is 6.96. The minimum Gasteiger partial charge on any atom is -0.492 e. The molecule has 0 aromatic heterocycles. The predicted octanol–water partition coefficient (Wildman–Crippen LogP) is 4.97. The maximum absolute atomic E-state index is 13.6. The van der Waals surface area contributed by atoms with Gasteiger partial charge in [0, 0.05) is 16.5 Å². The van der Waals surface area contributed by atoms with Crippen LogP contribution in [0.1, 0.15) is 12.5 Å².